The van der Waals surface area contributed by atoms with E-state index >= 15 is 0 Å². The van der Waals surface area contributed by atoms with Crippen molar-refractivity contribution in [1.29, 1.82) is 0 Å². The van der Waals surface area contributed by atoms with E-state index in [0.29, 0.717) is 22.5 Å². The third kappa shape index (κ3) is 12.7. The van der Waals surface area contributed by atoms with E-state index in [-0.39, 0.29) is 145 Å². The van der Waals surface area contributed by atoms with Gasteiger partial charge in [0.1, 0.15) is 66.1 Å². The van der Waals surface area contributed by atoms with Crippen LogP contribution >= 0.6 is 0 Å². The Hall–Kier alpha value is -4.86. The average Bonchev–Trinajstić information content (AvgIpc) is 3.21. The first-order chi connectivity index (χ1) is 28.9. The molecule has 312 valence electrons. The molecule has 0 heterocycles. The number of nitrogen functional groups attached to an aromatic ring is 2. The number of nitrogens with zero attached hydrogens (tertiary/aromatic N) is 6. The van der Waals surface area contributed by atoms with Crippen LogP contribution in [0.5, 0.6) is 17.2 Å². The average molecular weight is 936 g/mol. The van der Waals surface area contributed by atoms with Crippen LogP contribution < -0.4 is 120 Å². The van der Waals surface area contributed by atoms with Crippen LogP contribution in [0.4, 0.5) is 51.2 Å². The van der Waals surface area contributed by atoms with Crippen LogP contribution in [0, 0.1) is 0 Å². The zero-order valence-electron chi connectivity index (χ0n) is 34.3. The minimum Gasteiger partial charge on any atom is -0.744 e. The number of phenols is 1. The number of aromatic hydroxyl groups is 1. The maximum atomic E-state index is 12.1. The molecule has 26 heteroatoms. The summed E-state index contributed by atoms with van der Waals surface area (Å²) in [6.07, 6.45) is 0. The number of hydrogen-bond donors (Lipinski definition) is 4. The number of hydrogen-bond acceptors (Lipinski definition) is 20. The molecule has 0 fully saturated rings. The summed E-state index contributed by atoms with van der Waals surface area (Å²) in [6, 6.07) is 21.9. The molecule has 0 aliphatic rings. The molecule has 6 rings (SSSR count). The van der Waals surface area contributed by atoms with Crippen LogP contribution in [0.15, 0.2) is 138 Å². The molecule has 0 spiro atoms. The second-order valence-corrected chi connectivity index (χ2v) is 15.2. The van der Waals surface area contributed by atoms with Gasteiger partial charge in [-0.2, -0.15) is 5.11 Å². The second kappa shape index (κ2) is 22.4. The molecular formula is C38H28N9Na3O12S2. The monoisotopic (exact) mass is 935 g/mol. The summed E-state index contributed by atoms with van der Waals surface area (Å²) < 4.78 is 81.7. The number of fused-ring (bicyclic) bond motifs is 1. The number of nitrogens with one attached hydrogen (secondary N) is 1. The molecule has 21 nitrogen and oxygen atoms in total. The molecule has 6 aromatic rings. The van der Waals surface area contributed by atoms with Gasteiger partial charge in [-0.25, -0.2) is 16.8 Å². The fraction of sp³-hybridized carbons (Fsp3) is 0.0526. The van der Waals surface area contributed by atoms with Gasteiger partial charge in [0.15, 0.2) is 5.75 Å². The van der Waals surface area contributed by atoms with Gasteiger partial charge in [0, 0.05) is 11.1 Å². The number of rotatable bonds is 12. The Morgan fingerprint density at radius 3 is 1.73 bits per heavy atom. The number of nitrogens with two attached hydrogens (primary N) is 2. The summed E-state index contributed by atoms with van der Waals surface area (Å²) in [5.74, 6) is -4.13. The quantitative estimate of drug-likeness (QED) is 0.0316. The van der Waals surface area contributed by atoms with Crippen molar-refractivity contribution in [1.82, 2.24) is 0 Å². The molecule has 0 aliphatic heterocycles. The summed E-state index contributed by atoms with van der Waals surface area (Å²) >= 11 is 0. The molecule has 0 aliphatic carbocycles. The number of azo groups is 3. The maximum Gasteiger partial charge on any atom is 1.00 e. The number of amides is 1. The first-order valence-electron chi connectivity index (χ1n) is 17.0. The smallest absolute Gasteiger partial charge is 0.744 e. The first kappa shape index (κ1) is 53.5. The molecule has 0 radical (unpaired) electrons. The van der Waals surface area contributed by atoms with Crippen molar-refractivity contribution in [3.63, 3.8) is 0 Å². The van der Waals surface area contributed by atoms with E-state index in [4.69, 9.17) is 20.9 Å². The van der Waals surface area contributed by atoms with Crippen molar-refractivity contribution in [3.05, 3.63) is 97.1 Å². The van der Waals surface area contributed by atoms with E-state index in [9.17, 15) is 45.7 Å². The number of carboxylic acid groups (broad SMARTS) is 1. The minimum atomic E-state index is -5.30. The number of ether oxygens (including phenoxy) is 2. The maximum absolute atomic E-state index is 12.1. The molecule has 0 atom stereocenters. The van der Waals surface area contributed by atoms with Gasteiger partial charge in [0.25, 0.3) is 5.91 Å². The van der Waals surface area contributed by atoms with E-state index in [2.05, 4.69) is 36.0 Å². The Labute approximate surface area is 430 Å². The summed E-state index contributed by atoms with van der Waals surface area (Å²) in [6.45, 7) is 0. The molecule has 0 bridgehead atoms. The Kier molecular flexibility index (Phi) is 18.7. The molecule has 0 unspecified atom stereocenters. The second-order valence-electron chi connectivity index (χ2n) is 12.5. The summed E-state index contributed by atoms with van der Waals surface area (Å²) in [5.41, 5.74) is 13.7. The van der Waals surface area contributed by atoms with Crippen molar-refractivity contribution >= 4 is 94.1 Å². The van der Waals surface area contributed by atoms with Crippen LogP contribution in [-0.4, -0.2) is 57.1 Å². The normalized spacial score (nSPS) is 11.5. The van der Waals surface area contributed by atoms with Gasteiger partial charge in [-0.15, -0.1) is 25.6 Å². The Bertz CT molecular complexity index is 3100. The van der Waals surface area contributed by atoms with Crippen LogP contribution in [0.3, 0.4) is 0 Å². The van der Waals surface area contributed by atoms with Crippen molar-refractivity contribution < 1.29 is 144 Å². The number of benzene rings is 6. The molecule has 6 N–H and O–H groups in total. The fourth-order valence-corrected chi connectivity index (χ4v) is 6.70. The predicted molar refractivity (Wildman–Crippen MR) is 214 cm³/mol. The Balaban J connectivity index is 0.00000363. The van der Waals surface area contributed by atoms with Crippen LogP contribution in [0.1, 0.15) is 0 Å². The van der Waals surface area contributed by atoms with Gasteiger partial charge in [0.2, 0.25) is 0 Å². The Morgan fingerprint density at radius 1 is 0.641 bits per heavy atom. The van der Waals surface area contributed by atoms with E-state index in [1.807, 2.05) is 0 Å². The number of aliphatic carboxylic acids is 1. The molecule has 0 saturated carbocycles. The molecule has 64 heavy (non-hydrogen) atoms. The van der Waals surface area contributed by atoms with Crippen molar-refractivity contribution in [2.45, 2.75) is 9.79 Å². The number of carboxylic acids is 1. The molecular weight excluding hydrogens is 908 g/mol. The van der Waals surface area contributed by atoms with Gasteiger partial charge in [-0.3, -0.25) is 4.79 Å². The predicted octanol–water partition coefficient (Wildman–Crippen LogP) is -2.85. The van der Waals surface area contributed by atoms with E-state index in [0.717, 1.165) is 24.3 Å². The fourth-order valence-electron chi connectivity index (χ4n) is 5.59. The third-order valence-electron chi connectivity index (χ3n) is 8.53. The largest absolute Gasteiger partial charge is 1.00 e. The molecule has 6 aromatic carbocycles. The van der Waals surface area contributed by atoms with Gasteiger partial charge >= 0.3 is 88.7 Å². The van der Waals surface area contributed by atoms with E-state index in [1.54, 1.807) is 42.5 Å². The first-order valence-corrected chi connectivity index (χ1v) is 19.8. The van der Waals surface area contributed by atoms with Gasteiger partial charge in [0.05, 0.1) is 41.1 Å². The Morgan fingerprint density at radius 2 is 1.19 bits per heavy atom. The number of carbonyl (C=O) groups excluding carboxylic acids is 2. The number of phenolic OH excluding ortho intramolecular Hbond substituents is 1. The van der Waals surface area contributed by atoms with Gasteiger partial charge in [-0.1, -0.05) is 18.2 Å². The zero-order valence-corrected chi connectivity index (χ0v) is 42.0. The van der Waals surface area contributed by atoms with Crippen LogP contribution in [-0.2, 0) is 29.8 Å². The molecule has 0 aromatic heterocycles. The summed E-state index contributed by atoms with van der Waals surface area (Å²) in [4.78, 5) is 21.5. The van der Waals surface area contributed by atoms with Gasteiger partial charge < -0.3 is 50.4 Å². The van der Waals surface area contributed by atoms with E-state index in [1.165, 1.54) is 44.6 Å². The van der Waals surface area contributed by atoms with E-state index < -0.39 is 53.3 Å². The summed E-state index contributed by atoms with van der Waals surface area (Å²) in [5, 5.41) is 48.6. The molecule has 0 saturated heterocycles. The van der Waals surface area contributed by atoms with Crippen LogP contribution in [0.25, 0.3) is 21.9 Å². The molecule has 1 amide bonds. The topological polar surface area (TPSA) is 349 Å². The number of anilines is 3. The third-order valence-corrected chi connectivity index (χ3v) is 10.2. The van der Waals surface area contributed by atoms with Crippen molar-refractivity contribution in [2.75, 3.05) is 31.0 Å². The summed E-state index contributed by atoms with van der Waals surface area (Å²) in [7, 11) is -7.56. The number of carbonyl (C=O) groups is 2. The van der Waals surface area contributed by atoms with Gasteiger partial charge in [-0.05, 0) is 95.4 Å². The SMILES string of the molecule is COc1cc(-c2ccc(N=Nc3c(O)c(S(=O)(=O)[O-])cc4cc(S(=O)(=O)[O-])ccc34)c(OC)c2)ccc1N=Nc1ccc(N=Nc2ccc(N)cc2N)cc1NC(=O)C(=O)[O-].[Na+].[Na+].[Na+]. The zero-order chi connectivity index (χ0) is 44.2. The minimum absolute atomic E-state index is 0. The number of methoxy groups -OCH3 is 2. The van der Waals surface area contributed by atoms with Crippen molar-refractivity contribution in [2.24, 2.45) is 30.7 Å². The standard InChI is InChI=1S/C38H31N9O12S2.3Na/c1-58-32-14-19(3-9-29(32)45-44-28-12-6-23(18-31(28)41-37(49)38(50)51)42-43-27-11-5-22(39)17-26(27)40)20-4-10-30(33(15-20)59-2)46-47-35-25-8-7-24(60(52,53)54)13-21(25)16-34(36(35)48)61(55,56)57;;;/h3-18,48H,39-40H2,1-2H3,(H,41,49)(H,50,51)(H,52,53,54)(H,55,56,57);;;/q;3*+1/p-3. The van der Waals surface area contributed by atoms with Crippen LogP contribution in [0.2, 0.25) is 0 Å². The van der Waals surface area contributed by atoms with Crippen molar-refractivity contribution in [3.8, 4) is 28.4 Å².